The Morgan fingerprint density at radius 1 is 0.600 bits per heavy atom. The Labute approximate surface area is 294 Å². The van der Waals surface area contributed by atoms with Gasteiger partial charge < -0.3 is 19.1 Å². The van der Waals surface area contributed by atoms with Crippen molar-refractivity contribution in [1.82, 2.24) is 9.21 Å². The van der Waals surface area contributed by atoms with Gasteiger partial charge in [-0.05, 0) is 60.7 Å². The molecule has 0 spiro atoms. The zero-order valence-electron chi connectivity index (χ0n) is 28.7. The molecule has 1 saturated heterocycles. The smallest absolute Gasteiger partial charge is 0.254 e. The van der Waals surface area contributed by atoms with Gasteiger partial charge in [-0.3, -0.25) is 4.79 Å². The number of carbonyl (C=O) groups excluding carboxylic acids is 1. The highest BCUT2D eigenvalue weighted by molar-refractivity contribution is 7.89. The first-order valence-electron chi connectivity index (χ1n) is 16.7. The molecule has 1 amide bonds. The molecule has 6 rings (SSSR count). The number of ether oxygens (including phenoxy) is 3. The molecule has 1 heterocycles. The Morgan fingerprint density at radius 2 is 1.02 bits per heavy atom. The highest BCUT2D eigenvalue weighted by Crippen LogP contribution is 2.41. The number of sulfonamides is 1. The summed E-state index contributed by atoms with van der Waals surface area (Å²) in [5.74, 6) is 0.918. The van der Waals surface area contributed by atoms with Crippen molar-refractivity contribution in [2.45, 2.75) is 45.5 Å². The van der Waals surface area contributed by atoms with Crippen LogP contribution in [0.4, 0.5) is 0 Å². The second-order valence-electron chi connectivity index (χ2n) is 12.5. The topological polar surface area (TPSA) is 85.4 Å². The lowest BCUT2D eigenvalue weighted by molar-refractivity contribution is 0.0696. The van der Waals surface area contributed by atoms with E-state index in [-0.39, 0.29) is 51.9 Å². The zero-order valence-corrected chi connectivity index (χ0v) is 29.5. The molecule has 258 valence electrons. The molecule has 0 N–H and O–H groups in total. The van der Waals surface area contributed by atoms with Crippen molar-refractivity contribution in [3.63, 3.8) is 0 Å². The molecular formula is C41H42N2O6S. The van der Waals surface area contributed by atoms with E-state index in [1.54, 1.807) is 17.0 Å². The maximum absolute atomic E-state index is 14.1. The number of hydrogen-bond acceptors (Lipinski definition) is 6. The van der Waals surface area contributed by atoms with E-state index in [1.165, 1.54) is 4.31 Å². The highest BCUT2D eigenvalue weighted by Gasteiger charge is 2.33. The van der Waals surface area contributed by atoms with Crippen molar-refractivity contribution in [1.29, 1.82) is 0 Å². The molecule has 1 aliphatic rings. The van der Waals surface area contributed by atoms with Gasteiger partial charge in [0.05, 0.1) is 4.90 Å². The van der Waals surface area contributed by atoms with Gasteiger partial charge in [0.1, 0.15) is 19.8 Å². The minimum absolute atomic E-state index is 0.188. The summed E-state index contributed by atoms with van der Waals surface area (Å²) in [5, 5.41) is 0. The van der Waals surface area contributed by atoms with Crippen molar-refractivity contribution in [3.05, 3.63) is 154 Å². The maximum atomic E-state index is 14.1. The number of amides is 1. The fourth-order valence-electron chi connectivity index (χ4n) is 6.27. The van der Waals surface area contributed by atoms with E-state index >= 15 is 0 Å². The molecule has 0 aliphatic carbocycles. The molecule has 50 heavy (non-hydrogen) atoms. The molecule has 0 aromatic heterocycles. The summed E-state index contributed by atoms with van der Waals surface area (Å²) in [4.78, 5) is 16.1. The van der Waals surface area contributed by atoms with Gasteiger partial charge in [-0.25, -0.2) is 8.42 Å². The first-order chi connectivity index (χ1) is 24.2. The van der Waals surface area contributed by atoms with Crippen molar-refractivity contribution in [2.75, 3.05) is 26.2 Å². The van der Waals surface area contributed by atoms with Crippen LogP contribution >= 0.6 is 0 Å². The number of benzene rings is 5. The number of rotatable bonds is 12. The lowest BCUT2D eigenvalue weighted by Gasteiger charge is -2.34. The van der Waals surface area contributed by atoms with E-state index in [9.17, 15) is 13.2 Å². The number of nitrogens with zero attached hydrogens (tertiary/aromatic N) is 2. The van der Waals surface area contributed by atoms with Gasteiger partial charge in [0.2, 0.25) is 15.8 Å². The van der Waals surface area contributed by atoms with Crippen LogP contribution in [-0.4, -0.2) is 49.7 Å². The summed E-state index contributed by atoms with van der Waals surface area (Å²) in [6, 6.07) is 36.6. The molecule has 5 aromatic rings. The minimum Gasteiger partial charge on any atom is -0.485 e. The molecule has 1 aliphatic heterocycles. The second kappa shape index (κ2) is 15.6. The first-order valence-corrected chi connectivity index (χ1v) is 18.2. The quantitative estimate of drug-likeness (QED) is 0.135. The molecular weight excluding hydrogens is 649 g/mol. The number of aryl methyl sites for hydroxylation is 3. The number of hydrogen-bond donors (Lipinski definition) is 0. The summed E-state index contributed by atoms with van der Waals surface area (Å²) in [6.45, 7) is 7.26. The Bertz CT molecular complexity index is 1940. The molecule has 1 fully saturated rings. The molecule has 0 atom stereocenters. The fourth-order valence-corrected chi connectivity index (χ4v) is 8.11. The largest absolute Gasteiger partial charge is 0.485 e. The third-order valence-corrected chi connectivity index (χ3v) is 10.9. The van der Waals surface area contributed by atoms with Crippen molar-refractivity contribution in [2.24, 2.45) is 0 Å². The molecule has 0 saturated carbocycles. The van der Waals surface area contributed by atoms with Crippen LogP contribution in [0, 0.1) is 20.8 Å². The van der Waals surface area contributed by atoms with Gasteiger partial charge in [-0.2, -0.15) is 4.31 Å². The van der Waals surface area contributed by atoms with Gasteiger partial charge in [0, 0.05) is 31.7 Å². The van der Waals surface area contributed by atoms with Crippen molar-refractivity contribution in [3.8, 4) is 17.2 Å². The number of piperazine rings is 1. The van der Waals surface area contributed by atoms with Gasteiger partial charge >= 0.3 is 0 Å². The normalized spacial score (nSPS) is 13.5. The van der Waals surface area contributed by atoms with Gasteiger partial charge in [0.25, 0.3) is 5.91 Å². The van der Waals surface area contributed by atoms with Crippen LogP contribution in [0.15, 0.2) is 120 Å². The average Bonchev–Trinajstić information content (AvgIpc) is 3.13. The molecule has 5 aromatic carbocycles. The highest BCUT2D eigenvalue weighted by atomic mass is 32.2. The maximum Gasteiger partial charge on any atom is 0.254 e. The van der Waals surface area contributed by atoms with Crippen LogP contribution in [0.1, 0.15) is 43.7 Å². The van der Waals surface area contributed by atoms with Gasteiger partial charge in [-0.15, -0.1) is 0 Å². The van der Waals surface area contributed by atoms with Crippen molar-refractivity contribution >= 4 is 15.9 Å². The van der Waals surface area contributed by atoms with Crippen molar-refractivity contribution < 1.29 is 27.4 Å². The molecule has 8 nitrogen and oxygen atoms in total. The van der Waals surface area contributed by atoms with E-state index in [0.29, 0.717) is 27.7 Å². The predicted octanol–water partition coefficient (Wildman–Crippen LogP) is 7.50. The third kappa shape index (κ3) is 8.18. The third-order valence-electron chi connectivity index (χ3n) is 8.70. The summed E-state index contributed by atoms with van der Waals surface area (Å²) in [5.41, 5.74) is 5.72. The molecule has 9 heteroatoms. The Hall–Kier alpha value is -5.12. The predicted molar refractivity (Wildman–Crippen MR) is 194 cm³/mol. The Morgan fingerprint density at radius 3 is 1.46 bits per heavy atom. The second-order valence-corrected chi connectivity index (χ2v) is 14.4. The lowest BCUT2D eigenvalue weighted by Crippen LogP contribution is -2.50. The SMILES string of the molecule is Cc1cc(C)c(S(=O)(=O)N2CCN(C(=O)c3cc(OCc4ccccc4)c(OCc4ccccc4)c(OCc4ccccc4)c3)CC2)c(C)c1. The Kier molecular flexibility index (Phi) is 10.8. The van der Waals surface area contributed by atoms with Crippen LogP contribution in [0.3, 0.4) is 0 Å². The summed E-state index contributed by atoms with van der Waals surface area (Å²) in [6.07, 6.45) is 0. The lowest BCUT2D eigenvalue weighted by atomic mass is 10.1. The summed E-state index contributed by atoms with van der Waals surface area (Å²) in [7, 11) is -3.73. The van der Waals surface area contributed by atoms with Crippen LogP contribution in [0.25, 0.3) is 0 Å². The zero-order chi connectivity index (χ0) is 35.1. The van der Waals surface area contributed by atoms with Gasteiger partial charge in [0.15, 0.2) is 11.5 Å². The number of carbonyl (C=O) groups is 1. The minimum atomic E-state index is -3.73. The first kappa shape index (κ1) is 34.7. The van der Waals surface area contributed by atoms with E-state index < -0.39 is 10.0 Å². The van der Waals surface area contributed by atoms with E-state index in [0.717, 1.165) is 33.4 Å². The molecule has 0 unspecified atom stereocenters. The average molecular weight is 691 g/mol. The van der Waals surface area contributed by atoms with Crippen LogP contribution in [0.5, 0.6) is 17.2 Å². The molecule has 0 radical (unpaired) electrons. The monoisotopic (exact) mass is 690 g/mol. The van der Waals surface area contributed by atoms with Crippen LogP contribution < -0.4 is 14.2 Å². The van der Waals surface area contributed by atoms with Crippen LogP contribution in [-0.2, 0) is 29.8 Å². The van der Waals surface area contributed by atoms with E-state index in [2.05, 4.69) is 0 Å². The van der Waals surface area contributed by atoms with E-state index in [1.807, 2.05) is 124 Å². The van der Waals surface area contributed by atoms with E-state index in [4.69, 9.17) is 14.2 Å². The summed E-state index contributed by atoms with van der Waals surface area (Å²) < 4.78 is 48.0. The molecule has 0 bridgehead atoms. The Balaban J connectivity index is 1.28. The van der Waals surface area contributed by atoms with Gasteiger partial charge in [-0.1, -0.05) is 109 Å². The van der Waals surface area contributed by atoms with Crippen LogP contribution in [0.2, 0.25) is 0 Å². The summed E-state index contributed by atoms with van der Waals surface area (Å²) >= 11 is 0. The standard InChI is InChI=1S/C41H42N2O6S/c1-30-23-31(2)40(32(3)24-30)50(45,46)43-21-19-42(20-22-43)41(44)36-25-37(47-27-33-13-7-4-8-14-33)39(49-29-35-17-11-6-12-18-35)38(26-36)48-28-34-15-9-5-10-16-34/h4-18,23-26H,19-22,27-29H2,1-3H3. The fraction of sp³-hybridized carbons (Fsp3) is 0.244.